The maximum absolute atomic E-state index is 12.5. The molecule has 0 unspecified atom stereocenters. The van der Waals surface area contributed by atoms with Crippen molar-refractivity contribution in [3.63, 3.8) is 0 Å². The summed E-state index contributed by atoms with van der Waals surface area (Å²) < 4.78 is 41.5. The molecule has 0 saturated carbocycles. The maximum Gasteiger partial charge on any atom is 0.491 e. The number of benzene rings is 2. The van der Waals surface area contributed by atoms with Crippen molar-refractivity contribution in [1.82, 2.24) is 5.32 Å². The van der Waals surface area contributed by atoms with Crippen LogP contribution in [-0.2, 0) is 22.6 Å². The van der Waals surface area contributed by atoms with E-state index in [1.165, 1.54) is 18.2 Å². The summed E-state index contributed by atoms with van der Waals surface area (Å²) >= 11 is 0. The second-order valence-electron chi connectivity index (χ2n) is 7.86. The number of carbonyl (C=O) groups excluding carboxylic acids is 2. The van der Waals surface area contributed by atoms with Crippen molar-refractivity contribution in [2.24, 2.45) is 0 Å². The van der Waals surface area contributed by atoms with Crippen molar-refractivity contribution < 1.29 is 32.4 Å². The van der Waals surface area contributed by atoms with E-state index < -0.39 is 28.7 Å². The summed E-state index contributed by atoms with van der Waals surface area (Å²) in [6, 6.07) is 12.6. The minimum absolute atomic E-state index is 0.0287. The van der Waals surface area contributed by atoms with Crippen LogP contribution in [0.2, 0.25) is 0 Å². The Hall–Kier alpha value is -3.47. The Morgan fingerprint density at radius 3 is 2.12 bits per heavy atom. The lowest BCUT2D eigenvalue weighted by Crippen LogP contribution is -2.48. The number of nitro benzene ring substituents is 1. The van der Waals surface area contributed by atoms with E-state index in [0.29, 0.717) is 24.2 Å². The Morgan fingerprint density at radius 2 is 1.59 bits per heavy atom. The van der Waals surface area contributed by atoms with Gasteiger partial charge in [-0.2, -0.15) is 13.2 Å². The van der Waals surface area contributed by atoms with Gasteiger partial charge in [-0.3, -0.25) is 15.0 Å². The van der Waals surface area contributed by atoms with Gasteiger partial charge in [0.2, 0.25) is 0 Å². The molecule has 11 heteroatoms. The van der Waals surface area contributed by atoms with Gasteiger partial charge >= 0.3 is 18.2 Å². The first-order valence-electron chi connectivity index (χ1n) is 9.45. The SMILES string of the molecule is CC(C)(C)N(C(=O)OC(=O)C(F)(F)F)c1cccc(CNCc2cccc([N+](=O)[O-])c2)c1. The molecule has 1 amide bonds. The number of halogens is 3. The number of rotatable bonds is 6. The van der Waals surface area contributed by atoms with Crippen molar-refractivity contribution in [1.29, 1.82) is 0 Å². The molecule has 0 heterocycles. The summed E-state index contributed by atoms with van der Waals surface area (Å²) in [4.78, 5) is 34.8. The molecule has 172 valence electrons. The van der Waals surface area contributed by atoms with Gasteiger partial charge in [-0.05, 0) is 44.0 Å². The summed E-state index contributed by atoms with van der Waals surface area (Å²) in [6.45, 7) is 5.39. The Bertz CT molecular complexity index is 1000. The second-order valence-corrected chi connectivity index (χ2v) is 7.86. The maximum atomic E-state index is 12.5. The summed E-state index contributed by atoms with van der Waals surface area (Å²) in [6.07, 6.45) is -6.74. The third kappa shape index (κ3) is 6.77. The van der Waals surface area contributed by atoms with E-state index in [1.54, 1.807) is 51.1 Å². The molecule has 0 aliphatic rings. The second kappa shape index (κ2) is 9.77. The van der Waals surface area contributed by atoms with Gasteiger partial charge in [0.1, 0.15) is 0 Å². The predicted molar refractivity (Wildman–Crippen MR) is 110 cm³/mol. The van der Waals surface area contributed by atoms with E-state index in [-0.39, 0.29) is 11.4 Å². The van der Waals surface area contributed by atoms with E-state index in [2.05, 4.69) is 10.1 Å². The van der Waals surface area contributed by atoms with E-state index in [4.69, 9.17) is 0 Å². The fraction of sp³-hybridized carbons (Fsp3) is 0.333. The Balaban J connectivity index is 2.14. The van der Waals surface area contributed by atoms with Crippen molar-refractivity contribution >= 4 is 23.4 Å². The van der Waals surface area contributed by atoms with Gasteiger partial charge in [-0.15, -0.1) is 0 Å². The zero-order chi connectivity index (χ0) is 24.1. The molecular weight excluding hydrogens is 431 g/mol. The number of nitro groups is 1. The van der Waals surface area contributed by atoms with Crippen LogP contribution in [-0.4, -0.2) is 28.7 Å². The molecule has 0 aliphatic carbocycles. The molecule has 0 fully saturated rings. The van der Waals surface area contributed by atoms with Crippen LogP contribution in [0, 0.1) is 10.1 Å². The lowest BCUT2D eigenvalue weighted by molar-refractivity contribution is -0.384. The number of amides is 1. The van der Waals surface area contributed by atoms with Crippen LogP contribution in [0.5, 0.6) is 0 Å². The van der Waals surface area contributed by atoms with Gasteiger partial charge in [0.25, 0.3) is 5.69 Å². The van der Waals surface area contributed by atoms with Crippen molar-refractivity contribution in [3.8, 4) is 0 Å². The monoisotopic (exact) mass is 453 g/mol. The lowest BCUT2D eigenvalue weighted by atomic mass is 10.0. The van der Waals surface area contributed by atoms with Crippen LogP contribution in [0.1, 0.15) is 31.9 Å². The summed E-state index contributed by atoms with van der Waals surface area (Å²) in [5.41, 5.74) is 0.613. The van der Waals surface area contributed by atoms with Crippen LogP contribution in [0.4, 0.5) is 29.3 Å². The molecule has 32 heavy (non-hydrogen) atoms. The van der Waals surface area contributed by atoms with Gasteiger partial charge in [0.15, 0.2) is 0 Å². The van der Waals surface area contributed by atoms with E-state index in [1.807, 2.05) is 0 Å². The number of hydrogen-bond donors (Lipinski definition) is 1. The molecule has 0 bridgehead atoms. The molecule has 1 N–H and O–H groups in total. The normalized spacial score (nSPS) is 11.7. The zero-order valence-corrected chi connectivity index (χ0v) is 17.6. The molecule has 0 radical (unpaired) electrons. The van der Waals surface area contributed by atoms with Crippen LogP contribution >= 0.6 is 0 Å². The zero-order valence-electron chi connectivity index (χ0n) is 17.6. The average molecular weight is 453 g/mol. The molecule has 8 nitrogen and oxygen atoms in total. The predicted octanol–water partition coefficient (Wildman–Crippen LogP) is 4.72. The Labute approximate surface area is 182 Å². The van der Waals surface area contributed by atoms with Gasteiger partial charge in [-0.25, -0.2) is 9.59 Å². The van der Waals surface area contributed by atoms with Crippen LogP contribution in [0.25, 0.3) is 0 Å². The molecule has 0 atom stereocenters. The third-order valence-electron chi connectivity index (χ3n) is 4.21. The number of hydrogen-bond acceptors (Lipinski definition) is 6. The number of non-ortho nitro benzene ring substituents is 1. The van der Waals surface area contributed by atoms with Gasteiger partial charge < -0.3 is 10.1 Å². The molecule has 0 spiro atoms. The van der Waals surface area contributed by atoms with Crippen molar-refractivity contribution in [3.05, 3.63) is 69.8 Å². The summed E-state index contributed by atoms with van der Waals surface area (Å²) in [5, 5.41) is 14.0. The van der Waals surface area contributed by atoms with Crippen LogP contribution in [0.15, 0.2) is 48.5 Å². The Morgan fingerprint density at radius 1 is 1.03 bits per heavy atom. The first-order valence-corrected chi connectivity index (χ1v) is 9.45. The highest BCUT2D eigenvalue weighted by atomic mass is 19.4. The van der Waals surface area contributed by atoms with E-state index in [0.717, 1.165) is 4.90 Å². The first kappa shape index (κ1) is 24.8. The first-order chi connectivity index (χ1) is 14.8. The average Bonchev–Trinajstić information content (AvgIpc) is 2.66. The number of nitrogens with zero attached hydrogens (tertiary/aromatic N) is 2. The fourth-order valence-corrected chi connectivity index (χ4v) is 2.89. The van der Waals surface area contributed by atoms with Gasteiger partial charge in [-0.1, -0.05) is 24.3 Å². The molecule has 0 aliphatic heterocycles. The molecule has 2 rings (SSSR count). The Kier molecular flexibility index (Phi) is 7.57. The van der Waals surface area contributed by atoms with Crippen molar-refractivity contribution in [2.45, 2.75) is 45.6 Å². The van der Waals surface area contributed by atoms with Crippen molar-refractivity contribution in [2.75, 3.05) is 4.90 Å². The standard InChI is InChI=1S/C21H22F3N3O5/c1-20(2,3)26(19(29)32-18(28)21(22,23)24)16-8-4-6-14(10-16)12-25-13-15-7-5-9-17(11-15)27(30)31/h4-11,25H,12-13H2,1-3H3. The van der Waals surface area contributed by atoms with Gasteiger partial charge in [0, 0.05) is 36.4 Å². The summed E-state index contributed by atoms with van der Waals surface area (Å²) in [7, 11) is 0. The summed E-state index contributed by atoms with van der Waals surface area (Å²) in [5.74, 6) is -2.59. The highest BCUT2D eigenvalue weighted by Crippen LogP contribution is 2.27. The number of nitrogens with one attached hydrogen (secondary N) is 1. The number of carbonyl (C=O) groups is 2. The molecule has 0 aromatic heterocycles. The van der Waals surface area contributed by atoms with Crippen LogP contribution in [0.3, 0.4) is 0 Å². The molecule has 0 saturated heterocycles. The number of esters is 1. The third-order valence-corrected chi connectivity index (χ3v) is 4.21. The molecule has 2 aromatic rings. The topological polar surface area (TPSA) is 102 Å². The van der Waals surface area contributed by atoms with E-state index in [9.17, 15) is 32.9 Å². The molecule has 2 aromatic carbocycles. The van der Waals surface area contributed by atoms with Gasteiger partial charge in [0.05, 0.1) is 4.92 Å². The van der Waals surface area contributed by atoms with E-state index >= 15 is 0 Å². The number of alkyl halides is 3. The minimum atomic E-state index is -5.29. The quantitative estimate of drug-likeness (QED) is 0.294. The lowest BCUT2D eigenvalue weighted by Gasteiger charge is -2.34. The minimum Gasteiger partial charge on any atom is -0.369 e. The van der Waals surface area contributed by atoms with Crippen LogP contribution < -0.4 is 10.2 Å². The number of ether oxygens (including phenoxy) is 1. The number of anilines is 1. The molecular formula is C21H22F3N3O5. The highest BCUT2D eigenvalue weighted by molar-refractivity contribution is 5.97. The smallest absolute Gasteiger partial charge is 0.369 e. The highest BCUT2D eigenvalue weighted by Gasteiger charge is 2.44. The largest absolute Gasteiger partial charge is 0.491 e. The fourth-order valence-electron chi connectivity index (χ4n) is 2.89.